The molecule has 0 spiro atoms. The number of nitrogens with one attached hydrogen (secondary N) is 4. The minimum Gasteiger partial charge on any atom is -0.384 e. The van der Waals surface area contributed by atoms with Gasteiger partial charge in [-0.3, -0.25) is 15.0 Å². The lowest BCUT2D eigenvalue weighted by molar-refractivity contribution is -0.125. The van der Waals surface area contributed by atoms with Gasteiger partial charge in [0, 0.05) is 11.3 Å². The van der Waals surface area contributed by atoms with Crippen molar-refractivity contribution in [3.8, 4) is 0 Å². The van der Waals surface area contributed by atoms with Crippen LogP contribution in [0.1, 0.15) is 35.6 Å². The molecule has 0 bridgehead atoms. The third-order valence-corrected chi connectivity index (χ3v) is 4.78. The predicted octanol–water partition coefficient (Wildman–Crippen LogP) is 1.69. The monoisotopic (exact) mass is 379 g/mol. The van der Waals surface area contributed by atoms with E-state index in [0.717, 1.165) is 19.3 Å². The van der Waals surface area contributed by atoms with E-state index in [1.165, 1.54) is 11.1 Å². The van der Waals surface area contributed by atoms with Crippen molar-refractivity contribution in [3.05, 3.63) is 65.2 Å². The number of anilines is 1. The van der Waals surface area contributed by atoms with Gasteiger partial charge in [-0.25, -0.2) is 0 Å². The number of rotatable bonds is 7. The van der Waals surface area contributed by atoms with E-state index in [1.54, 1.807) is 24.3 Å². The van der Waals surface area contributed by atoms with Gasteiger partial charge in [0.15, 0.2) is 0 Å². The van der Waals surface area contributed by atoms with E-state index in [2.05, 4.69) is 28.1 Å². The summed E-state index contributed by atoms with van der Waals surface area (Å²) in [7, 11) is 0. The Morgan fingerprint density at radius 3 is 2.71 bits per heavy atom. The van der Waals surface area contributed by atoms with Gasteiger partial charge in [-0.2, -0.15) is 0 Å². The van der Waals surface area contributed by atoms with Crippen molar-refractivity contribution in [1.82, 2.24) is 10.6 Å². The lowest BCUT2D eigenvalue weighted by Gasteiger charge is -2.26. The first-order valence-corrected chi connectivity index (χ1v) is 9.35. The summed E-state index contributed by atoms with van der Waals surface area (Å²) in [6.45, 7) is -0.0342. The molecule has 7 heteroatoms. The first kappa shape index (κ1) is 19.4. The number of aryl methyl sites for hydroxylation is 1. The predicted molar refractivity (Wildman–Crippen MR) is 109 cm³/mol. The molecule has 0 fully saturated rings. The van der Waals surface area contributed by atoms with Crippen LogP contribution in [0.2, 0.25) is 0 Å². The number of nitrogens with two attached hydrogens (primary N) is 1. The minimum atomic E-state index is -0.285. The van der Waals surface area contributed by atoms with Crippen LogP contribution < -0.4 is 21.7 Å². The van der Waals surface area contributed by atoms with Crippen LogP contribution in [-0.2, 0) is 16.0 Å². The van der Waals surface area contributed by atoms with Gasteiger partial charge in [-0.1, -0.05) is 36.4 Å². The normalized spacial score (nSPS) is 15.2. The SMILES string of the molecule is N=C(N)c1cccc(NCC(=O)NCC(=O)NC2CCCc3ccccc32)c1. The second-order valence-electron chi connectivity index (χ2n) is 6.84. The third kappa shape index (κ3) is 5.09. The third-order valence-electron chi connectivity index (χ3n) is 4.78. The molecule has 7 nitrogen and oxygen atoms in total. The maximum Gasteiger partial charge on any atom is 0.239 e. The lowest BCUT2D eigenvalue weighted by atomic mass is 9.88. The highest BCUT2D eigenvalue weighted by molar-refractivity contribution is 5.96. The van der Waals surface area contributed by atoms with Crippen LogP contribution in [0.25, 0.3) is 0 Å². The van der Waals surface area contributed by atoms with Gasteiger partial charge in [0.1, 0.15) is 5.84 Å². The molecule has 2 amide bonds. The van der Waals surface area contributed by atoms with Crippen molar-refractivity contribution in [1.29, 1.82) is 5.41 Å². The molecule has 0 saturated carbocycles. The number of nitrogen functional groups attached to an aromatic ring is 1. The molecule has 0 heterocycles. The first-order valence-electron chi connectivity index (χ1n) is 9.35. The number of benzene rings is 2. The molecule has 1 aliphatic rings. The second kappa shape index (κ2) is 9.03. The van der Waals surface area contributed by atoms with E-state index in [0.29, 0.717) is 11.3 Å². The van der Waals surface area contributed by atoms with Gasteiger partial charge in [0.2, 0.25) is 11.8 Å². The fraction of sp³-hybridized carbons (Fsp3) is 0.286. The topological polar surface area (TPSA) is 120 Å². The number of hydrogen-bond acceptors (Lipinski definition) is 4. The van der Waals surface area contributed by atoms with Gasteiger partial charge in [0.25, 0.3) is 0 Å². The Balaban J connectivity index is 1.44. The molecule has 2 aromatic carbocycles. The van der Waals surface area contributed by atoms with Crippen molar-refractivity contribution in [2.75, 3.05) is 18.4 Å². The van der Waals surface area contributed by atoms with Crippen LogP contribution in [0.5, 0.6) is 0 Å². The molecule has 1 atom stereocenters. The molecule has 0 radical (unpaired) electrons. The number of amides is 2. The van der Waals surface area contributed by atoms with Gasteiger partial charge >= 0.3 is 0 Å². The number of carbonyl (C=O) groups excluding carboxylic acids is 2. The van der Waals surface area contributed by atoms with E-state index in [4.69, 9.17) is 11.1 Å². The van der Waals surface area contributed by atoms with Crippen LogP contribution in [0, 0.1) is 5.41 Å². The highest BCUT2D eigenvalue weighted by Crippen LogP contribution is 2.29. The van der Waals surface area contributed by atoms with Crippen LogP contribution in [0.15, 0.2) is 48.5 Å². The molecule has 146 valence electrons. The van der Waals surface area contributed by atoms with Crippen molar-refractivity contribution >= 4 is 23.3 Å². The summed E-state index contributed by atoms with van der Waals surface area (Å²) in [5.74, 6) is -0.518. The summed E-state index contributed by atoms with van der Waals surface area (Å²) in [6, 6.07) is 15.1. The molecule has 0 aliphatic heterocycles. The van der Waals surface area contributed by atoms with Crippen LogP contribution in [-0.4, -0.2) is 30.7 Å². The van der Waals surface area contributed by atoms with E-state index in [-0.39, 0.29) is 36.8 Å². The zero-order valence-corrected chi connectivity index (χ0v) is 15.6. The zero-order chi connectivity index (χ0) is 19.9. The van der Waals surface area contributed by atoms with Gasteiger partial charge in [0.05, 0.1) is 19.1 Å². The van der Waals surface area contributed by atoms with Gasteiger partial charge < -0.3 is 21.7 Å². The number of hydrogen-bond donors (Lipinski definition) is 5. The summed E-state index contributed by atoms with van der Waals surface area (Å²) in [4.78, 5) is 24.2. The summed E-state index contributed by atoms with van der Waals surface area (Å²) < 4.78 is 0. The quantitative estimate of drug-likeness (QED) is 0.371. The van der Waals surface area contributed by atoms with Gasteiger partial charge in [-0.15, -0.1) is 0 Å². The van der Waals surface area contributed by atoms with Crippen LogP contribution >= 0.6 is 0 Å². The second-order valence-corrected chi connectivity index (χ2v) is 6.84. The van der Waals surface area contributed by atoms with E-state index < -0.39 is 0 Å². The van der Waals surface area contributed by atoms with Crippen LogP contribution in [0.4, 0.5) is 5.69 Å². The van der Waals surface area contributed by atoms with E-state index in [1.807, 2.05) is 12.1 Å². The average Bonchev–Trinajstić information content (AvgIpc) is 2.71. The Kier molecular flexibility index (Phi) is 6.26. The zero-order valence-electron chi connectivity index (χ0n) is 15.6. The average molecular weight is 379 g/mol. The number of amidine groups is 1. The van der Waals surface area contributed by atoms with Crippen molar-refractivity contribution < 1.29 is 9.59 Å². The standard InChI is InChI=1S/C21H25N5O2/c22-21(23)15-7-3-8-16(11-15)24-12-19(27)25-13-20(28)26-18-10-4-6-14-5-1-2-9-17(14)18/h1-3,5,7-9,11,18,24H,4,6,10,12-13H2,(H3,22,23)(H,25,27)(H,26,28). The Labute approximate surface area is 164 Å². The Morgan fingerprint density at radius 2 is 1.89 bits per heavy atom. The van der Waals surface area contributed by atoms with Crippen LogP contribution in [0.3, 0.4) is 0 Å². The smallest absolute Gasteiger partial charge is 0.239 e. The summed E-state index contributed by atoms with van der Waals surface area (Å²) in [6.07, 6.45) is 2.98. The molecule has 0 aromatic heterocycles. The Morgan fingerprint density at radius 1 is 1.07 bits per heavy atom. The minimum absolute atomic E-state index is 0.00166. The highest BCUT2D eigenvalue weighted by atomic mass is 16.2. The molecule has 1 aliphatic carbocycles. The summed E-state index contributed by atoms with van der Waals surface area (Å²) >= 11 is 0. The summed E-state index contributed by atoms with van der Waals surface area (Å²) in [5, 5.41) is 16.0. The number of fused-ring (bicyclic) bond motifs is 1. The maximum atomic E-state index is 12.2. The number of carbonyl (C=O) groups is 2. The van der Waals surface area contributed by atoms with Gasteiger partial charge in [-0.05, 0) is 42.5 Å². The summed E-state index contributed by atoms with van der Waals surface area (Å²) in [5.41, 5.74) is 9.17. The molecule has 3 rings (SSSR count). The first-order chi connectivity index (χ1) is 13.5. The Bertz CT molecular complexity index is 881. The molecular weight excluding hydrogens is 354 g/mol. The lowest BCUT2D eigenvalue weighted by Crippen LogP contribution is -2.41. The Hall–Kier alpha value is -3.35. The molecule has 1 unspecified atom stereocenters. The maximum absolute atomic E-state index is 12.2. The van der Waals surface area contributed by atoms with Crippen molar-refractivity contribution in [2.45, 2.75) is 25.3 Å². The van der Waals surface area contributed by atoms with Crippen molar-refractivity contribution in [3.63, 3.8) is 0 Å². The fourth-order valence-electron chi connectivity index (χ4n) is 3.37. The van der Waals surface area contributed by atoms with E-state index in [9.17, 15) is 9.59 Å². The molecule has 6 N–H and O–H groups in total. The van der Waals surface area contributed by atoms with E-state index >= 15 is 0 Å². The molecule has 28 heavy (non-hydrogen) atoms. The highest BCUT2D eigenvalue weighted by Gasteiger charge is 2.21. The van der Waals surface area contributed by atoms with Crippen molar-refractivity contribution in [2.24, 2.45) is 5.73 Å². The molecule has 0 saturated heterocycles. The molecular formula is C21H25N5O2. The largest absolute Gasteiger partial charge is 0.384 e. The fourth-order valence-corrected chi connectivity index (χ4v) is 3.37. The molecule has 2 aromatic rings.